The molecule has 0 saturated carbocycles. The minimum Gasteiger partial charge on any atom is -0.505 e. The Balaban J connectivity index is 3.31. The zero-order chi connectivity index (χ0) is 8.43. The van der Waals surface area contributed by atoms with E-state index in [1.54, 1.807) is 0 Å². The minimum absolute atomic E-state index is 0.181. The molecule has 1 aromatic carbocycles. The third-order valence-electron chi connectivity index (χ3n) is 1.19. The Morgan fingerprint density at radius 2 is 2.18 bits per heavy atom. The van der Waals surface area contributed by atoms with Crippen LogP contribution in [0.25, 0.3) is 0 Å². The second-order valence-electron chi connectivity index (χ2n) is 1.94. The molecule has 0 unspecified atom stereocenters. The summed E-state index contributed by atoms with van der Waals surface area (Å²) < 4.78 is 12.9. The minimum atomic E-state index is -0.796. The number of aromatic hydroxyl groups is 1. The average molecular weight is 219 g/mol. The van der Waals surface area contributed by atoms with Crippen LogP contribution < -0.4 is 0 Å². The fourth-order valence-electron chi connectivity index (χ4n) is 0.642. The lowest BCUT2D eigenvalue weighted by Crippen LogP contribution is -1.85. The number of hydrogen-bond donors (Lipinski definition) is 1. The molecule has 4 heteroatoms. The molecule has 1 N–H and O–H groups in total. The first-order chi connectivity index (χ1) is 5.15. The van der Waals surface area contributed by atoms with Crippen LogP contribution in [-0.2, 0) is 0 Å². The van der Waals surface area contributed by atoms with Crippen LogP contribution in [0.2, 0.25) is 0 Å². The van der Waals surface area contributed by atoms with E-state index >= 15 is 0 Å². The molecule has 0 radical (unpaired) electrons. The Morgan fingerprint density at radius 1 is 1.55 bits per heavy atom. The van der Waals surface area contributed by atoms with E-state index < -0.39 is 11.6 Å². The predicted molar refractivity (Wildman–Crippen MR) is 41.2 cm³/mol. The summed E-state index contributed by atoms with van der Waals surface area (Å²) in [6, 6.07) is 2.10. The number of hydrogen-bond acceptors (Lipinski definition) is 2. The quantitative estimate of drug-likeness (QED) is 0.734. The summed E-state index contributed by atoms with van der Waals surface area (Å²) in [5, 5.41) is 8.80. The van der Waals surface area contributed by atoms with Crippen LogP contribution in [0.1, 0.15) is 10.4 Å². The second kappa shape index (κ2) is 3.00. The maximum absolute atomic E-state index is 12.5. The fourth-order valence-corrected chi connectivity index (χ4v) is 1.07. The van der Waals surface area contributed by atoms with Gasteiger partial charge in [-0.15, -0.1) is 0 Å². The van der Waals surface area contributed by atoms with E-state index in [1.807, 2.05) is 0 Å². The largest absolute Gasteiger partial charge is 0.505 e. The van der Waals surface area contributed by atoms with E-state index in [0.717, 1.165) is 12.1 Å². The fraction of sp³-hybridized carbons (Fsp3) is 0. The van der Waals surface area contributed by atoms with Crippen LogP contribution in [0.3, 0.4) is 0 Å². The van der Waals surface area contributed by atoms with Gasteiger partial charge in [0.25, 0.3) is 0 Å². The van der Waals surface area contributed by atoms with E-state index in [9.17, 15) is 9.18 Å². The molecule has 0 amide bonds. The third kappa shape index (κ3) is 1.57. The molecule has 0 aromatic heterocycles. The first-order valence-electron chi connectivity index (χ1n) is 2.78. The van der Waals surface area contributed by atoms with Crippen LogP contribution >= 0.6 is 15.9 Å². The number of aldehydes is 1. The molecule has 1 rings (SSSR count). The van der Waals surface area contributed by atoms with E-state index in [4.69, 9.17) is 5.11 Å². The maximum atomic E-state index is 12.5. The molecule has 11 heavy (non-hydrogen) atoms. The lowest BCUT2D eigenvalue weighted by atomic mass is 10.2. The van der Waals surface area contributed by atoms with Crippen LogP contribution in [0.5, 0.6) is 5.75 Å². The van der Waals surface area contributed by atoms with Gasteiger partial charge in [-0.25, -0.2) is 4.39 Å². The zero-order valence-corrected chi connectivity index (χ0v) is 6.93. The summed E-state index contributed by atoms with van der Waals surface area (Å²) in [5.74, 6) is -1.27. The molecule has 0 saturated heterocycles. The highest BCUT2D eigenvalue weighted by atomic mass is 79.9. The number of carbonyl (C=O) groups excluding carboxylic acids is 1. The predicted octanol–water partition coefficient (Wildman–Crippen LogP) is 2.11. The van der Waals surface area contributed by atoms with Gasteiger partial charge in [0.15, 0.2) is 17.9 Å². The Morgan fingerprint density at radius 3 is 2.73 bits per heavy atom. The van der Waals surface area contributed by atoms with Crippen molar-refractivity contribution in [3.63, 3.8) is 0 Å². The van der Waals surface area contributed by atoms with Crippen molar-refractivity contribution in [1.82, 2.24) is 0 Å². The molecular weight excluding hydrogens is 215 g/mol. The standard InChI is InChI=1S/C7H4BrFO2/c8-5-2-7(11)6(9)1-4(5)3-10/h1-3,11H. The second-order valence-corrected chi connectivity index (χ2v) is 2.80. The molecule has 0 atom stereocenters. The van der Waals surface area contributed by atoms with Crippen LogP contribution in [0.4, 0.5) is 4.39 Å². The number of rotatable bonds is 1. The van der Waals surface area contributed by atoms with Gasteiger partial charge in [-0.1, -0.05) is 0 Å². The van der Waals surface area contributed by atoms with Crippen molar-refractivity contribution in [2.45, 2.75) is 0 Å². The average Bonchev–Trinajstić information content (AvgIpc) is 1.97. The molecule has 58 valence electrons. The Hall–Kier alpha value is -0.900. The van der Waals surface area contributed by atoms with Gasteiger partial charge >= 0.3 is 0 Å². The number of phenolic OH excluding ortho intramolecular Hbond substituents is 1. The number of carbonyl (C=O) groups is 1. The highest BCUT2D eigenvalue weighted by Gasteiger charge is 2.05. The van der Waals surface area contributed by atoms with Crippen LogP contribution in [0.15, 0.2) is 16.6 Å². The molecule has 0 fully saturated rings. The molecule has 0 spiro atoms. The van der Waals surface area contributed by atoms with Crippen molar-refractivity contribution in [3.8, 4) is 5.75 Å². The molecule has 0 aliphatic heterocycles. The monoisotopic (exact) mass is 218 g/mol. The highest BCUT2D eigenvalue weighted by molar-refractivity contribution is 9.10. The van der Waals surface area contributed by atoms with E-state index in [2.05, 4.69) is 15.9 Å². The summed E-state index contributed by atoms with van der Waals surface area (Å²) in [7, 11) is 0. The van der Waals surface area contributed by atoms with Crippen molar-refractivity contribution in [1.29, 1.82) is 0 Å². The van der Waals surface area contributed by atoms with Gasteiger partial charge in [-0.3, -0.25) is 4.79 Å². The van der Waals surface area contributed by atoms with Crippen LogP contribution in [-0.4, -0.2) is 11.4 Å². The van der Waals surface area contributed by atoms with Gasteiger partial charge in [-0.2, -0.15) is 0 Å². The maximum Gasteiger partial charge on any atom is 0.165 e. The van der Waals surface area contributed by atoms with E-state index in [1.165, 1.54) is 0 Å². The Bertz CT molecular complexity index is 299. The van der Waals surface area contributed by atoms with Gasteiger partial charge in [0.2, 0.25) is 0 Å². The smallest absolute Gasteiger partial charge is 0.165 e. The molecule has 0 aliphatic rings. The molecule has 0 heterocycles. The SMILES string of the molecule is O=Cc1cc(F)c(O)cc1Br. The van der Waals surface area contributed by atoms with Crippen molar-refractivity contribution in [3.05, 3.63) is 28.0 Å². The molecule has 1 aromatic rings. The van der Waals surface area contributed by atoms with Crippen molar-refractivity contribution in [2.75, 3.05) is 0 Å². The summed E-state index contributed by atoms with van der Waals surface area (Å²) in [4.78, 5) is 10.2. The number of benzene rings is 1. The normalized spacial score (nSPS) is 9.64. The third-order valence-corrected chi connectivity index (χ3v) is 1.88. The van der Waals surface area contributed by atoms with Gasteiger partial charge in [0.05, 0.1) is 0 Å². The number of phenols is 1. The van der Waals surface area contributed by atoms with Gasteiger partial charge < -0.3 is 5.11 Å². The van der Waals surface area contributed by atoms with E-state index in [0.29, 0.717) is 10.8 Å². The Kier molecular flexibility index (Phi) is 2.24. The molecule has 0 aliphatic carbocycles. The summed E-state index contributed by atoms with van der Waals surface area (Å²) >= 11 is 2.98. The summed E-state index contributed by atoms with van der Waals surface area (Å²) in [5.41, 5.74) is 0.181. The first-order valence-corrected chi connectivity index (χ1v) is 3.57. The summed E-state index contributed by atoms with van der Waals surface area (Å²) in [6.07, 6.45) is 0.507. The number of halogens is 2. The summed E-state index contributed by atoms with van der Waals surface area (Å²) in [6.45, 7) is 0. The van der Waals surface area contributed by atoms with Crippen molar-refractivity contribution >= 4 is 22.2 Å². The van der Waals surface area contributed by atoms with Gasteiger partial charge in [0.1, 0.15) is 0 Å². The van der Waals surface area contributed by atoms with Gasteiger partial charge in [0, 0.05) is 10.0 Å². The molecule has 0 bridgehead atoms. The van der Waals surface area contributed by atoms with Crippen LogP contribution in [0, 0.1) is 5.82 Å². The molecule has 2 nitrogen and oxygen atoms in total. The van der Waals surface area contributed by atoms with Crippen molar-refractivity contribution in [2.24, 2.45) is 0 Å². The highest BCUT2D eigenvalue weighted by Crippen LogP contribution is 2.23. The lowest BCUT2D eigenvalue weighted by Gasteiger charge is -1.98. The topological polar surface area (TPSA) is 37.3 Å². The zero-order valence-electron chi connectivity index (χ0n) is 5.34. The first kappa shape index (κ1) is 8.20. The lowest BCUT2D eigenvalue weighted by molar-refractivity contribution is 0.112. The van der Waals surface area contributed by atoms with Gasteiger partial charge in [-0.05, 0) is 28.1 Å². The molecular formula is C7H4BrFO2. The Labute approximate surface area is 70.8 Å². The van der Waals surface area contributed by atoms with Crippen molar-refractivity contribution < 1.29 is 14.3 Å². The van der Waals surface area contributed by atoms with E-state index in [-0.39, 0.29) is 5.56 Å².